The maximum Gasteiger partial charge on any atom is 0.313 e. The standard InChI is InChI=1S/C13H19FN2O4/c1-5-15(8-13(2,3)17)10-7-12(20-4)11(16(18)19)6-9(10)14/h6-7,17H,5,8H2,1-4H3. The van der Waals surface area contributed by atoms with Crippen LogP contribution in [0, 0.1) is 15.9 Å². The lowest BCUT2D eigenvalue weighted by molar-refractivity contribution is -0.385. The molecule has 0 radical (unpaired) electrons. The van der Waals surface area contributed by atoms with Gasteiger partial charge in [0.15, 0.2) is 11.6 Å². The second-order valence-electron chi connectivity index (χ2n) is 5.06. The minimum Gasteiger partial charge on any atom is -0.490 e. The lowest BCUT2D eigenvalue weighted by Gasteiger charge is -2.30. The first-order chi connectivity index (χ1) is 9.19. The van der Waals surface area contributed by atoms with E-state index in [1.54, 1.807) is 25.7 Å². The first kappa shape index (κ1) is 16.2. The second kappa shape index (κ2) is 6.04. The number of anilines is 1. The van der Waals surface area contributed by atoms with Gasteiger partial charge in [-0.05, 0) is 20.8 Å². The fourth-order valence-corrected chi connectivity index (χ4v) is 1.92. The molecule has 0 aliphatic rings. The molecule has 112 valence electrons. The molecule has 0 amide bonds. The van der Waals surface area contributed by atoms with Crippen LogP contribution in [0.25, 0.3) is 0 Å². The third-order valence-electron chi connectivity index (χ3n) is 2.75. The number of halogens is 1. The van der Waals surface area contributed by atoms with E-state index < -0.39 is 22.0 Å². The molecule has 6 nitrogen and oxygen atoms in total. The van der Waals surface area contributed by atoms with Crippen LogP contribution in [0.3, 0.4) is 0 Å². The van der Waals surface area contributed by atoms with Crippen molar-refractivity contribution in [2.45, 2.75) is 26.4 Å². The number of ether oxygens (including phenoxy) is 1. The molecule has 0 atom stereocenters. The number of likely N-dealkylation sites (N-methyl/N-ethyl adjacent to an activating group) is 1. The minimum absolute atomic E-state index is 0.0133. The van der Waals surface area contributed by atoms with Crippen LogP contribution in [-0.2, 0) is 0 Å². The Kier molecular flexibility index (Phi) is 4.88. The van der Waals surface area contributed by atoms with E-state index in [-0.39, 0.29) is 18.0 Å². The number of aliphatic hydroxyl groups is 1. The van der Waals surface area contributed by atoms with E-state index in [0.717, 1.165) is 6.07 Å². The van der Waals surface area contributed by atoms with Gasteiger partial charge in [-0.15, -0.1) is 0 Å². The van der Waals surface area contributed by atoms with E-state index in [4.69, 9.17) is 4.74 Å². The summed E-state index contributed by atoms with van der Waals surface area (Å²) in [5, 5.41) is 20.7. The minimum atomic E-state index is -1.02. The summed E-state index contributed by atoms with van der Waals surface area (Å²) in [7, 11) is 1.29. The number of methoxy groups -OCH3 is 1. The normalized spacial score (nSPS) is 11.3. The molecule has 0 heterocycles. The molecular weight excluding hydrogens is 267 g/mol. The Morgan fingerprint density at radius 2 is 2.10 bits per heavy atom. The zero-order chi connectivity index (χ0) is 15.5. The van der Waals surface area contributed by atoms with Crippen molar-refractivity contribution in [2.75, 3.05) is 25.1 Å². The van der Waals surface area contributed by atoms with Crippen molar-refractivity contribution in [3.05, 3.63) is 28.1 Å². The van der Waals surface area contributed by atoms with Gasteiger partial charge in [-0.1, -0.05) is 0 Å². The Bertz CT molecular complexity index is 500. The Hall–Kier alpha value is -1.89. The van der Waals surface area contributed by atoms with Gasteiger partial charge in [-0.2, -0.15) is 0 Å². The molecule has 0 aromatic heterocycles. The van der Waals surface area contributed by atoms with Gasteiger partial charge in [0.2, 0.25) is 0 Å². The van der Waals surface area contributed by atoms with E-state index in [9.17, 15) is 19.6 Å². The maximum absolute atomic E-state index is 14.1. The van der Waals surface area contributed by atoms with Crippen molar-refractivity contribution in [3.8, 4) is 5.75 Å². The van der Waals surface area contributed by atoms with E-state index >= 15 is 0 Å². The van der Waals surface area contributed by atoms with Gasteiger partial charge in [0.1, 0.15) is 0 Å². The molecule has 1 rings (SSSR count). The molecule has 0 bridgehead atoms. The van der Waals surface area contributed by atoms with Crippen molar-refractivity contribution < 1.29 is 19.2 Å². The number of nitro groups is 1. The molecular formula is C13H19FN2O4. The summed E-state index contributed by atoms with van der Waals surface area (Å²) >= 11 is 0. The molecule has 1 N–H and O–H groups in total. The van der Waals surface area contributed by atoms with E-state index in [2.05, 4.69) is 0 Å². The Morgan fingerprint density at radius 1 is 1.50 bits per heavy atom. The predicted molar refractivity (Wildman–Crippen MR) is 73.8 cm³/mol. The highest BCUT2D eigenvalue weighted by molar-refractivity contribution is 5.60. The van der Waals surface area contributed by atoms with E-state index in [0.29, 0.717) is 6.54 Å². The summed E-state index contributed by atoms with van der Waals surface area (Å²) in [6, 6.07) is 2.11. The zero-order valence-electron chi connectivity index (χ0n) is 12.0. The Balaban J connectivity index is 3.26. The molecule has 0 spiro atoms. The van der Waals surface area contributed by atoms with Crippen molar-refractivity contribution in [3.63, 3.8) is 0 Å². The van der Waals surface area contributed by atoms with Crippen molar-refractivity contribution in [1.82, 2.24) is 0 Å². The summed E-state index contributed by atoms with van der Waals surface area (Å²) in [6.07, 6.45) is 0. The molecule has 0 fully saturated rings. The highest BCUT2D eigenvalue weighted by atomic mass is 19.1. The summed E-state index contributed by atoms with van der Waals surface area (Å²) in [4.78, 5) is 11.7. The molecule has 20 heavy (non-hydrogen) atoms. The Labute approximate surface area is 116 Å². The van der Waals surface area contributed by atoms with Crippen LogP contribution in [0.5, 0.6) is 5.75 Å². The monoisotopic (exact) mass is 286 g/mol. The number of nitro benzene ring substituents is 1. The predicted octanol–water partition coefficient (Wildman–Crippen LogP) is 2.34. The second-order valence-corrected chi connectivity index (χ2v) is 5.06. The third kappa shape index (κ3) is 3.80. The van der Waals surface area contributed by atoms with Crippen LogP contribution in [-0.4, -0.2) is 35.8 Å². The van der Waals surface area contributed by atoms with Crippen LogP contribution in [0.4, 0.5) is 15.8 Å². The van der Waals surface area contributed by atoms with Crippen LogP contribution in [0.15, 0.2) is 12.1 Å². The number of hydrogen-bond donors (Lipinski definition) is 1. The van der Waals surface area contributed by atoms with E-state index in [1.165, 1.54) is 13.2 Å². The number of rotatable bonds is 6. The quantitative estimate of drug-likeness (QED) is 0.641. The molecule has 1 aromatic carbocycles. The van der Waals surface area contributed by atoms with Gasteiger partial charge in [-0.3, -0.25) is 10.1 Å². The number of hydrogen-bond acceptors (Lipinski definition) is 5. The van der Waals surface area contributed by atoms with Gasteiger partial charge >= 0.3 is 5.69 Å². The third-order valence-corrected chi connectivity index (χ3v) is 2.75. The summed E-state index contributed by atoms with van der Waals surface area (Å²) in [5.74, 6) is -0.732. The average molecular weight is 286 g/mol. The molecule has 7 heteroatoms. The van der Waals surface area contributed by atoms with Gasteiger partial charge in [0.05, 0.1) is 29.4 Å². The lowest BCUT2D eigenvalue weighted by atomic mass is 10.1. The van der Waals surface area contributed by atoms with E-state index in [1.807, 2.05) is 0 Å². The summed E-state index contributed by atoms with van der Waals surface area (Å²) in [6.45, 7) is 5.66. The van der Waals surface area contributed by atoms with Gasteiger partial charge in [0, 0.05) is 19.2 Å². The van der Waals surface area contributed by atoms with Crippen molar-refractivity contribution in [1.29, 1.82) is 0 Å². The number of benzene rings is 1. The molecule has 0 saturated carbocycles. The van der Waals surface area contributed by atoms with Crippen LogP contribution in [0.2, 0.25) is 0 Å². The van der Waals surface area contributed by atoms with Gasteiger partial charge in [0.25, 0.3) is 0 Å². The highest BCUT2D eigenvalue weighted by Gasteiger charge is 2.24. The lowest BCUT2D eigenvalue weighted by Crippen LogP contribution is -2.39. The number of nitrogens with zero attached hydrogens (tertiary/aromatic N) is 2. The molecule has 0 aliphatic carbocycles. The van der Waals surface area contributed by atoms with Crippen molar-refractivity contribution >= 4 is 11.4 Å². The van der Waals surface area contributed by atoms with Crippen LogP contribution in [0.1, 0.15) is 20.8 Å². The van der Waals surface area contributed by atoms with Gasteiger partial charge < -0.3 is 14.7 Å². The topological polar surface area (TPSA) is 75.8 Å². The van der Waals surface area contributed by atoms with Crippen molar-refractivity contribution in [2.24, 2.45) is 0 Å². The highest BCUT2D eigenvalue weighted by Crippen LogP contribution is 2.34. The smallest absolute Gasteiger partial charge is 0.313 e. The van der Waals surface area contributed by atoms with Gasteiger partial charge in [-0.25, -0.2) is 4.39 Å². The SMILES string of the molecule is CCN(CC(C)(C)O)c1cc(OC)c([N+](=O)[O-])cc1F. The molecule has 1 aromatic rings. The molecule has 0 saturated heterocycles. The van der Waals surface area contributed by atoms with Crippen LogP contribution >= 0.6 is 0 Å². The first-order valence-electron chi connectivity index (χ1n) is 6.19. The summed E-state index contributed by atoms with van der Waals surface area (Å²) in [5.41, 5.74) is -1.28. The largest absolute Gasteiger partial charge is 0.490 e. The Morgan fingerprint density at radius 3 is 2.50 bits per heavy atom. The first-order valence-corrected chi connectivity index (χ1v) is 6.19. The average Bonchev–Trinajstić information content (AvgIpc) is 2.34. The van der Waals surface area contributed by atoms with Crippen LogP contribution < -0.4 is 9.64 Å². The summed E-state index contributed by atoms with van der Waals surface area (Å²) < 4.78 is 19.0. The molecule has 0 unspecified atom stereocenters. The zero-order valence-corrected chi connectivity index (χ0v) is 12.0. The maximum atomic E-state index is 14.1. The fraction of sp³-hybridized carbons (Fsp3) is 0.538. The molecule has 0 aliphatic heterocycles. The fourth-order valence-electron chi connectivity index (χ4n) is 1.92.